The third-order valence-corrected chi connectivity index (χ3v) is 3.01. The van der Waals surface area contributed by atoms with Crippen LogP contribution in [0.15, 0.2) is 12.3 Å². The first-order chi connectivity index (χ1) is 6.16. The summed E-state index contributed by atoms with van der Waals surface area (Å²) in [4.78, 5) is 10.3. The first-order valence-electron chi connectivity index (χ1n) is 3.76. The summed E-state index contributed by atoms with van der Waals surface area (Å²) >= 11 is 7.37. The van der Waals surface area contributed by atoms with Gasteiger partial charge in [-0.2, -0.15) is 0 Å². The standard InChI is InChI=1S/C8H8ClN3S/c1-12(2)8-11-5-4-10-7(9)3-6(5)13-8/h3-4H,1-2H3. The summed E-state index contributed by atoms with van der Waals surface area (Å²) in [6, 6.07) is 1.83. The highest BCUT2D eigenvalue weighted by molar-refractivity contribution is 7.22. The molecule has 68 valence electrons. The maximum absolute atomic E-state index is 5.76. The van der Waals surface area contributed by atoms with E-state index in [1.165, 1.54) is 0 Å². The smallest absolute Gasteiger partial charge is 0.185 e. The maximum atomic E-state index is 5.76. The third-order valence-electron chi connectivity index (χ3n) is 1.61. The molecule has 0 unspecified atom stereocenters. The number of rotatable bonds is 1. The molecule has 0 saturated heterocycles. The second-order valence-corrected chi connectivity index (χ2v) is 4.26. The lowest BCUT2D eigenvalue weighted by molar-refractivity contribution is 1.11. The lowest BCUT2D eigenvalue weighted by atomic mass is 10.5. The molecule has 0 fully saturated rings. The van der Waals surface area contributed by atoms with Gasteiger partial charge in [-0.05, 0) is 6.07 Å². The number of anilines is 1. The number of halogens is 1. The van der Waals surface area contributed by atoms with Crippen LogP contribution in [0.2, 0.25) is 5.15 Å². The quantitative estimate of drug-likeness (QED) is 0.682. The predicted octanol–water partition coefficient (Wildman–Crippen LogP) is 2.41. The molecule has 0 aliphatic carbocycles. The number of thiazole rings is 1. The van der Waals surface area contributed by atoms with Crippen LogP contribution in [0.1, 0.15) is 0 Å². The molecule has 0 N–H and O–H groups in total. The van der Waals surface area contributed by atoms with Gasteiger partial charge >= 0.3 is 0 Å². The van der Waals surface area contributed by atoms with Gasteiger partial charge in [-0.1, -0.05) is 22.9 Å². The van der Waals surface area contributed by atoms with Crippen LogP contribution in [0.5, 0.6) is 0 Å². The Labute approximate surface area is 85.0 Å². The van der Waals surface area contributed by atoms with Gasteiger partial charge in [-0.15, -0.1) is 0 Å². The second kappa shape index (κ2) is 3.12. The highest BCUT2D eigenvalue weighted by Gasteiger charge is 2.05. The van der Waals surface area contributed by atoms with Crippen molar-refractivity contribution in [1.29, 1.82) is 0 Å². The number of aromatic nitrogens is 2. The summed E-state index contributed by atoms with van der Waals surface area (Å²) in [6.07, 6.45) is 1.70. The second-order valence-electron chi connectivity index (χ2n) is 2.87. The number of pyridine rings is 1. The Hall–Kier alpha value is -0.870. The van der Waals surface area contributed by atoms with Crippen molar-refractivity contribution in [2.45, 2.75) is 0 Å². The molecule has 2 rings (SSSR count). The number of nitrogens with zero attached hydrogens (tertiary/aromatic N) is 3. The lowest BCUT2D eigenvalue weighted by Gasteiger charge is -2.04. The Morgan fingerprint density at radius 2 is 2.23 bits per heavy atom. The van der Waals surface area contributed by atoms with Gasteiger partial charge < -0.3 is 4.90 Å². The zero-order valence-corrected chi connectivity index (χ0v) is 8.85. The maximum Gasteiger partial charge on any atom is 0.185 e. The molecule has 0 saturated carbocycles. The normalized spacial score (nSPS) is 10.7. The summed E-state index contributed by atoms with van der Waals surface area (Å²) in [5.74, 6) is 0. The molecule has 0 aromatic carbocycles. The zero-order chi connectivity index (χ0) is 9.42. The van der Waals surface area contributed by atoms with Gasteiger partial charge in [0.15, 0.2) is 5.13 Å². The summed E-state index contributed by atoms with van der Waals surface area (Å²) in [5, 5.41) is 1.49. The molecule has 13 heavy (non-hydrogen) atoms. The van der Waals surface area contributed by atoms with Crippen molar-refractivity contribution in [3.05, 3.63) is 17.4 Å². The Bertz CT molecular complexity index is 438. The van der Waals surface area contributed by atoms with Crippen LogP contribution >= 0.6 is 22.9 Å². The minimum absolute atomic E-state index is 0.515. The SMILES string of the molecule is CN(C)c1nc2cnc(Cl)cc2s1. The van der Waals surface area contributed by atoms with Crippen LogP contribution in [0.3, 0.4) is 0 Å². The predicted molar refractivity (Wildman–Crippen MR) is 56.8 cm³/mol. The summed E-state index contributed by atoms with van der Waals surface area (Å²) in [5.41, 5.74) is 0.901. The molecule has 5 heteroatoms. The van der Waals surface area contributed by atoms with Crippen molar-refractivity contribution in [3.8, 4) is 0 Å². The molecule has 0 radical (unpaired) electrons. The van der Waals surface area contributed by atoms with E-state index in [0.29, 0.717) is 5.15 Å². The van der Waals surface area contributed by atoms with E-state index in [0.717, 1.165) is 15.3 Å². The number of hydrogen-bond donors (Lipinski definition) is 0. The van der Waals surface area contributed by atoms with Crippen molar-refractivity contribution < 1.29 is 0 Å². The van der Waals surface area contributed by atoms with Crippen LogP contribution in [0.25, 0.3) is 10.2 Å². The molecule has 0 aliphatic heterocycles. The van der Waals surface area contributed by atoms with Crippen molar-refractivity contribution in [2.24, 2.45) is 0 Å². The van der Waals surface area contributed by atoms with E-state index in [1.54, 1.807) is 17.5 Å². The van der Waals surface area contributed by atoms with E-state index in [9.17, 15) is 0 Å². The molecular formula is C8H8ClN3S. The fraction of sp³-hybridized carbons (Fsp3) is 0.250. The van der Waals surface area contributed by atoms with Gasteiger partial charge in [0, 0.05) is 14.1 Å². The molecule has 2 aromatic heterocycles. The van der Waals surface area contributed by atoms with Gasteiger partial charge in [-0.3, -0.25) is 0 Å². The molecule has 0 bridgehead atoms. The van der Waals surface area contributed by atoms with Gasteiger partial charge in [-0.25, -0.2) is 9.97 Å². The fourth-order valence-corrected chi connectivity index (χ4v) is 2.11. The highest BCUT2D eigenvalue weighted by atomic mass is 35.5. The topological polar surface area (TPSA) is 29.0 Å². The van der Waals surface area contributed by atoms with Crippen molar-refractivity contribution in [3.63, 3.8) is 0 Å². The first kappa shape index (κ1) is 8.72. The summed E-state index contributed by atoms with van der Waals surface area (Å²) < 4.78 is 1.07. The van der Waals surface area contributed by atoms with Crippen LogP contribution in [-0.4, -0.2) is 24.1 Å². The van der Waals surface area contributed by atoms with Crippen molar-refractivity contribution >= 4 is 38.3 Å². The summed E-state index contributed by atoms with van der Waals surface area (Å²) in [7, 11) is 3.93. The Kier molecular flexibility index (Phi) is 2.09. The molecule has 0 spiro atoms. The third kappa shape index (κ3) is 1.59. The minimum Gasteiger partial charge on any atom is -0.354 e. The largest absolute Gasteiger partial charge is 0.354 e. The molecule has 0 atom stereocenters. The summed E-state index contributed by atoms with van der Waals surface area (Å²) in [6.45, 7) is 0. The monoisotopic (exact) mass is 213 g/mol. The van der Waals surface area contributed by atoms with Gasteiger partial charge in [0.2, 0.25) is 0 Å². The molecule has 2 aromatic rings. The van der Waals surface area contributed by atoms with E-state index in [2.05, 4.69) is 9.97 Å². The van der Waals surface area contributed by atoms with Gasteiger partial charge in [0.05, 0.1) is 10.9 Å². The first-order valence-corrected chi connectivity index (χ1v) is 4.95. The Balaban J connectivity index is 2.62. The Morgan fingerprint density at radius 1 is 1.46 bits per heavy atom. The highest BCUT2D eigenvalue weighted by Crippen LogP contribution is 2.28. The van der Waals surface area contributed by atoms with Crippen LogP contribution in [0, 0.1) is 0 Å². The van der Waals surface area contributed by atoms with E-state index >= 15 is 0 Å². The van der Waals surface area contributed by atoms with E-state index in [-0.39, 0.29) is 0 Å². The lowest BCUT2D eigenvalue weighted by Crippen LogP contribution is -2.07. The fourth-order valence-electron chi connectivity index (χ4n) is 0.987. The van der Waals surface area contributed by atoms with Gasteiger partial charge in [0.1, 0.15) is 10.7 Å². The van der Waals surface area contributed by atoms with E-state index < -0.39 is 0 Å². The van der Waals surface area contributed by atoms with Crippen LogP contribution in [0.4, 0.5) is 5.13 Å². The Morgan fingerprint density at radius 3 is 2.92 bits per heavy atom. The minimum atomic E-state index is 0.515. The van der Waals surface area contributed by atoms with Crippen LogP contribution in [-0.2, 0) is 0 Å². The molecule has 0 aliphatic rings. The average Bonchev–Trinajstić information content (AvgIpc) is 2.46. The van der Waals surface area contributed by atoms with Crippen molar-refractivity contribution in [1.82, 2.24) is 9.97 Å². The van der Waals surface area contributed by atoms with Crippen LogP contribution < -0.4 is 4.90 Å². The van der Waals surface area contributed by atoms with Crippen molar-refractivity contribution in [2.75, 3.05) is 19.0 Å². The molecule has 3 nitrogen and oxygen atoms in total. The molecule has 0 amide bonds. The van der Waals surface area contributed by atoms with Gasteiger partial charge in [0.25, 0.3) is 0 Å². The number of hydrogen-bond acceptors (Lipinski definition) is 4. The van der Waals surface area contributed by atoms with E-state index in [1.807, 2.05) is 25.1 Å². The van der Waals surface area contributed by atoms with E-state index in [4.69, 9.17) is 11.6 Å². The number of fused-ring (bicyclic) bond motifs is 1. The zero-order valence-electron chi connectivity index (χ0n) is 7.28. The molecule has 2 heterocycles. The molecular weight excluding hydrogens is 206 g/mol. The average molecular weight is 214 g/mol.